The molecule has 5 rings (SSSR count). The molecule has 2 fully saturated rings. The summed E-state index contributed by atoms with van der Waals surface area (Å²) in [5.74, 6) is 0.312. The van der Waals surface area contributed by atoms with Crippen molar-refractivity contribution in [2.24, 2.45) is 5.92 Å². The third kappa shape index (κ3) is 8.59. The van der Waals surface area contributed by atoms with Crippen molar-refractivity contribution in [3.05, 3.63) is 96.4 Å². The largest absolute Gasteiger partial charge is 0.335 e. The van der Waals surface area contributed by atoms with Gasteiger partial charge in [-0.1, -0.05) is 24.3 Å². The van der Waals surface area contributed by atoms with Crippen molar-refractivity contribution in [1.29, 1.82) is 0 Å². The summed E-state index contributed by atoms with van der Waals surface area (Å²) < 4.78 is 40.4. The number of aryl methyl sites for hydroxylation is 1. The van der Waals surface area contributed by atoms with Gasteiger partial charge in [0.2, 0.25) is 10.0 Å². The molecule has 1 aliphatic carbocycles. The molecule has 3 heterocycles. The molecule has 1 saturated heterocycles. The number of hydrogen-bond acceptors (Lipinski definition) is 7. The van der Waals surface area contributed by atoms with E-state index < -0.39 is 10.0 Å². The number of amides is 1. The van der Waals surface area contributed by atoms with E-state index in [4.69, 9.17) is 4.98 Å². The van der Waals surface area contributed by atoms with E-state index in [-0.39, 0.29) is 24.8 Å². The Kier molecular flexibility index (Phi) is 10.4. The molecule has 1 amide bonds. The predicted molar refractivity (Wildman–Crippen MR) is 173 cm³/mol. The van der Waals surface area contributed by atoms with Crippen molar-refractivity contribution in [2.75, 3.05) is 39.0 Å². The molecule has 2 atom stereocenters. The molecule has 238 valence electrons. The van der Waals surface area contributed by atoms with Crippen LogP contribution in [-0.2, 0) is 16.4 Å². The highest BCUT2D eigenvalue weighted by atomic mass is 32.2. The zero-order valence-electron chi connectivity index (χ0n) is 25.8. The summed E-state index contributed by atoms with van der Waals surface area (Å²) in [5, 5.41) is 7.84. The molecule has 2 aliphatic rings. The molecule has 0 spiro atoms. The standard InChI is InChI=1S/C33H40FN7O3S/c1-4-26(34)12-9-24(2)29-23-30(29)35-15-6-5-8-27-22-31(33(42)39-18-20-40(21-19-39)45(3,43)44)38-32(37-27)25-10-13-28(14-11-25)41-17-7-16-36-41/h4,7,9-14,16-17,22,29-30,35H,2,5-6,8,15,18-21,23H2,1,3H3/b12-9-,26-4+/t29-,30+/m0/s1. The second-order valence-corrected chi connectivity index (χ2v) is 13.4. The van der Waals surface area contributed by atoms with Crippen LogP contribution in [-0.4, -0.2) is 88.3 Å². The minimum Gasteiger partial charge on any atom is -0.335 e. The van der Waals surface area contributed by atoms with Gasteiger partial charge in [-0.15, -0.1) is 0 Å². The Morgan fingerprint density at radius 2 is 1.87 bits per heavy atom. The van der Waals surface area contributed by atoms with Crippen molar-refractivity contribution in [1.82, 2.24) is 34.3 Å². The van der Waals surface area contributed by atoms with Gasteiger partial charge in [-0.05, 0) is 81.6 Å². The van der Waals surface area contributed by atoms with Gasteiger partial charge in [-0.3, -0.25) is 4.79 Å². The van der Waals surface area contributed by atoms with E-state index in [0.717, 1.165) is 48.3 Å². The first-order valence-electron chi connectivity index (χ1n) is 15.3. The van der Waals surface area contributed by atoms with E-state index in [1.165, 1.54) is 22.7 Å². The molecule has 0 unspecified atom stereocenters. The van der Waals surface area contributed by atoms with E-state index in [9.17, 15) is 17.6 Å². The topological polar surface area (TPSA) is 113 Å². The Labute approximate surface area is 264 Å². The lowest BCUT2D eigenvalue weighted by molar-refractivity contribution is 0.0692. The molecule has 3 aromatic rings. The number of unbranched alkanes of at least 4 members (excludes halogenated alkanes) is 1. The molecule has 1 saturated carbocycles. The smallest absolute Gasteiger partial charge is 0.272 e. The number of carbonyl (C=O) groups is 1. The van der Waals surface area contributed by atoms with Crippen LogP contribution in [0.25, 0.3) is 17.1 Å². The first-order chi connectivity index (χ1) is 21.6. The Bertz CT molecular complexity index is 1660. The summed E-state index contributed by atoms with van der Waals surface area (Å²) in [6, 6.07) is 11.7. The van der Waals surface area contributed by atoms with Crippen LogP contribution in [0, 0.1) is 5.92 Å². The third-order valence-corrected chi connectivity index (χ3v) is 9.46. The van der Waals surface area contributed by atoms with E-state index in [0.29, 0.717) is 43.0 Å². The van der Waals surface area contributed by atoms with E-state index >= 15 is 0 Å². The molecule has 10 nitrogen and oxygen atoms in total. The lowest BCUT2D eigenvalue weighted by Crippen LogP contribution is -2.50. The van der Waals surface area contributed by atoms with Gasteiger partial charge in [0.15, 0.2) is 5.82 Å². The normalized spacial score (nSPS) is 19.3. The number of carbonyl (C=O) groups excluding carboxylic acids is 1. The average molecular weight is 634 g/mol. The van der Waals surface area contributed by atoms with Gasteiger partial charge in [-0.2, -0.15) is 9.40 Å². The highest BCUT2D eigenvalue weighted by Gasteiger charge is 2.37. The molecule has 1 aliphatic heterocycles. The zero-order valence-corrected chi connectivity index (χ0v) is 26.6. The number of nitrogens with one attached hydrogen (secondary N) is 1. The van der Waals surface area contributed by atoms with Gasteiger partial charge < -0.3 is 10.2 Å². The van der Waals surface area contributed by atoms with Crippen molar-refractivity contribution in [3.63, 3.8) is 0 Å². The maximum absolute atomic E-state index is 13.6. The summed E-state index contributed by atoms with van der Waals surface area (Å²) in [6.45, 7) is 7.71. The molecule has 1 N–H and O–H groups in total. The second-order valence-electron chi connectivity index (χ2n) is 11.5. The van der Waals surface area contributed by atoms with Crippen LogP contribution in [0.1, 0.15) is 42.4 Å². The van der Waals surface area contributed by atoms with Crippen molar-refractivity contribution >= 4 is 15.9 Å². The summed E-state index contributed by atoms with van der Waals surface area (Å²) in [7, 11) is -3.30. The number of benzene rings is 1. The van der Waals surface area contributed by atoms with E-state index in [1.807, 2.05) is 36.5 Å². The van der Waals surface area contributed by atoms with Crippen LogP contribution in [0.5, 0.6) is 0 Å². The van der Waals surface area contributed by atoms with E-state index in [1.54, 1.807) is 34.8 Å². The summed E-state index contributed by atoms with van der Waals surface area (Å²) in [5.41, 5.74) is 3.70. The Morgan fingerprint density at radius 1 is 1.11 bits per heavy atom. The fourth-order valence-electron chi connectivity index (χ4n) is 5.39. The third-order valence-electron chi connectivity index (χ3n) is 8.15. The number of hydrogen-bond donors (Lipinski definition) is 1. The summed E-state index contributed by atoms with van der Waals surface area (Å²) in [4.78, 5) is 24.7. The van der Waals surface area contributed by atoms with Gasteiger partial charge in [-0.25, -0.2) is 27.5 Å². The number of allylic oxidation sites excluding steroid dienone is 4. The lowest BCUT2D eigenvalue weighted by atomic mass is 10.1. The number of piperazine rings is 1. The fourth-order valence-corrected chi connectivity index (χ4v) is 6.22. The minimum atomic E-state index is -3.30. The first-order valence-corrected chi connectivity index (χ1v) is 17.1. The van der Waals surface area contributed by atoms with Gasteiger partial charge in [0.1, 0.15) is 11.5 Å². The molecular formula is C33H40FN7O3S. The maximum atomic E-state index is 13.6. The Balaban J connectivity index is 1.23. The van der Waals surface area contributed by atoms with E-state index in [2.05, 4.69) is 22.0 Å². The number of nitrogens with zero attached hydrogens (tertiary/aromatic N) is 6. The Hall–Kier alpha value is -4.00. The van der Waals surface area contributed by atoms with Crippen LogP contribution < -0.4 is 5.32 Å². The molecule has 0 bridgehead atoms. The molecule has 0 radical (unpaired) electrons. The van der Waals surface area contributed by atoms with Gasteiger partial charge in [0.25, 0.3) is 5.91 Å². The predicted octanol–water partition coefficient (Wildman–Crippen LogP) is 4.33. The zero-order chi connectivity index (χ0) is 32.0. The SMILES string of the molecule is C=C(/C=C\C(F)=C/C)[C@@H]1C[C@H]1NCCCCc1cc(C(=O)N2CCN(S(C)(=O)=O)CC2)nc(-c2ccc(-n3cccn3)cc2)n1. The van der Waals surface area contributed by atoms with Crippen molar-refractivity contribution in [2.45, 2.75) is 38.6 Å². The van der Waals surface area contributed by atoms with Crippen molar-refractivity contribution in [3.8, 4) is 17.1 Å². The summed E-state index contributed by atoms with van der Waals surface area (Å²) >= 11 is 0. The average Bonchev–Trinajstić information content (AvgIpc) is 3.61. The van der Waals surface area contributed by atoms with Gasteiger partial charge in [0.05, 0.1) is 11.9 Å². The van der Waals surface area contributed by atoms with Crippen LogP contribution in [0.2, 0.25) is 0 Å². The number of halogens is 1. The molecular weight excluding hydrogens is 593 g/mol. The minimum absolute atomic E-state index is 0.230. The molecule has 2 aromatic heterocycles. The van der Waals surface area contributed by atoms with Gasteiger partial charge in [0, 0.05) is 61.8 Å². The van der Waals surface area contributed by atoms with Crippen LogP contribution >= 0.6 is 0 Å². The van der Waals surface area contributed by atoms with Crippen LogP contribution in [0.3, 0.4) is 0 Å². The molecule has 1 aromatic carbocycles. The van der Waals surface area contributed by atoms with Crippen molar-refractivity contribution < 1.29 is 17.6 Å². The van der Waals surface area contributed by atoms with Crippen LogP contribution in [0.4, 0.5) is 4.39 Å². The monoisotopic (exact) mass is 633 g/mol. The highest BCUT2D eigenvalue weighted by Crippen LogP contribution is 2.37. The lowest BCUT2D eigenvalue weighted by Gasteiger charge is -2.33. The quantitative estimate of drug-likeness (QED) is 0.220. The first kappa shape index (κ1) is 32.4. The van der Waals surface area contributed by atoms with Crippen LogP contribution in [0.15, 0.2) is 85.0 Å². The number of sulfonamides is 1. The number of rotatable bonds is 13. The molecule has 45 heavy (non-hydrogen) atoms. The molecule has 12 heteroatoms. The van der Waals surface area contributed by atoms with Gasteiger partial charge >= 0.3 is 0 Å². The summed E-state index contributed by atoms with van der Waals surface area (Å²) in [6.07, 6.45) is 12.9. The number of aromatic nitrogens is 4. The second kappa shape index (κ2) is 14.4. The fraction of sp³-hybridized carbons (Fsp3) is 0.394. The Morgan fingerprint density at radius 3 is 2.53 bits per heavy atom. The maximum Gasteiger partial charge on any atom is 0.272 e. The highest BCUT2D eigenvalue weighted by molar-refractivity contribution is 7.88.